The predicted molar refractivity (Wildman–Crippen MR) is 67.5 cm³/mol. The van der Waals surface area contributed by atoms with Gasteiger partial charge in [-0.2, -0.15) is 0 Å². The summed E-state index contributed by atoms with van der Waals surface area (Å²) in [6.07, 6.45) is 8.02. The van der Waals surface area contributed by atoms with Crippen LogP contribution >= 0.6 is 0 Å². The highest BCUT2D eigenvalue weighted by Gasteiger charge is 2.50. The normalized spacial score (nSPS) is 28.9. The van der Waals surface area contributed by atoms with E-state index < -0.39 is 0 Å². The molecule has 0 atom stereocenters. The summed E-state index contributed by atoms with van der Waals surface area (Å²) in [6, 6.07) is 0. The standard InChI is InChI=1S/C13H25BO2/c1-12(2)13(3,4)16-14(15-12)10-9-11-7-5-6-8-11/h11H,5-10H2,1-4H3. The smallest absolute Gasteiger partial charge is 0.403 e. The fourth-order valence-electron chi connectivity index (χ4n) is 2.75. The van der Waals surface area contributed by atoms with Crippen molar-refractivity contribution >= 4 is 7.12 Å². The Morgan fingerprint density at radius 1 is 1.00 bits per heavy atom. The molecule has 1 saturated carbocycles. The highest BCUT2D eigenvalue weighted by atomic mass is 16.7. The van der Waals surface area contributed by atoms with E-state index in [1.807, 2.05) is 0 Å². The maximum absolute atomic E-state index is 6.00. The van der Waals surface area contributed by atoms with E-state index in [1.54, 1.807) is 0 Å². The zero-order valence-corrected chi connectivity index (χ0v) is 11.2. The average molecular weight is 224 g/mol. The lowest BCUT2D eigenvalue weighted by molar-refractivity contribution is 0.00578. The lowest BCUT2D eigenvalue weighted by atomic mass is 9.79. The van der Waals surface area contributed by atoms with Crippen molar-refractivity contribution < 1.29 is 9.31 Å². The SMILES string of the molecule is CC1(C)OB(CCC2CCCC2)OC1(C)C. The van der Waals surface area contributed by atoms with E-state index in [2.05, 4.69) is 27.7 Å². The van der Waals surface area contributed by atoms with Gasteiger partial charge >= 0.3 is 7.12 Å². The van der Waals surface area contributed by atoms with E-state index >= 15 is 0 Å². The van der Waals surface area contributed by atoms with Crippen LogP contribution in [0.1, 0.15) is 59.8 Å². The van der Waals surface area contributed by atoms with Crippen molar-refractivity contribution in [2.75, 3.05) is 0 Å². The molecular formula is C13H25BO2. The minimum atomic E-state index is -0.159. The molecule has 0 aromatic rings. The van der Waals surface area contributed by atoms with Gasteiger partial charge in [0.25, 0.3) is 0 Å². The number of hydrogen-bond acceptors (Lipinski definition) is 2. The van der Waals surface area contributed by atoms with Crippen LogP contribution in [0.4, 0.5) is 0 Å². The fraction of sp³-hybridized carbons (Fsp3) is 1.00. The van der Waals surface area contributed by atoms with Crippen molar-refractivity contribution in [1.82, 2.24) is 0 Å². The van der Waals surface area contributed by atoms with Crippen molar-refractivity contribution in [1.29, 1.82) is 0 Å². The van der Waals surface area contributed by atoms with Crippen LogP contribution in [0.25, 0.3) is 0 Å². The molecule has 0 N–H and O–H groups in total. The summed E-state index contributed by atoms with van der Waals surface area (Å²) >= 11 is 0. The zero-order chi connectivity index (χ0) is 11.8. The summed E-state index contributed by atoms with van der Waals surface area (Å²) in [5, 5.41) is 0. The molecule has 2 rings (SSSR count). The van der Waals surface area contributed by atoms with Gasteiger partial charge < -0.3 is 9.31 Å². The van der Waals surface area contributed by atoms with E-state index in [1.165, 1.54) is 32.1 Å². The first-order chi connectivity index (χ1) is 7.41. The topological polar surface area (TPSA) is 18.5 Å². The molecular weight excluding hydrogens is 199 g/mol. The summed E-state index contributed by atoms with van der Waals surface area (Å²) in [5.74, 6) is 0.930. The third-order valence-corrected chi connectivity index (χ3v) is 4.59. The van der Waals surface area contributed by atoms with Crippen molar-refractivity contribution in [3.05, 3.63) is 0 Å². The Balaban J connectivity index is 1.80. The first-order valence-corrected chi connectivity index (χ1v) is 6.76. The molecule has 0 unspecified atom stereocenters. The van der Waals surface area contributed by atoms with Crippen molar-refractivity contribution in [3.8, 4) is 0 Å². The predicted octanol–water partition coefficient (Wildman–Crippen LogP) is 3.66. The molecule has 0 radical (unpaired) electrons. The Bertz CT molecular complexity index is 228. The first kappa shape index (κ1) is 12.4. The molecule has 0 aromatic heterocycles. The Labute approximate surface area is 100 Å². The Kier molecular flexibility index (Phi) is 3.38. The largest absolute Gasteiger partial charge is 0.457 e. The van der Waals surface area contributed by atoms with Gasteiger partial charge in [-0.1, -0.05) is 32.1 Å². The molecule has 2 fully saturated rings. The molecule has 2 aliphatic rings. The van der Waals surface area contributed by atoms with Gasteiger partial charge in [0.15, 0.2) is 0 Å². The molecule has 16 heavy (non-hydrogen) atoms. The maximum Gasteiger partial charge on any atom is 0.457 e. The molecule has 0 bridgehead atoms. The van der Waals surface area contributed by atoms with Crippen LogP contribution in [0.3, 0.4) is 0 Å². The number of hydrogen-bond donors (Lipinski definition) is 0. The van der Waals surface area contributed by atoms with Crippen LogP contribution in [0.2, 0.25) is 6.32 Å². The van der Waals surface area contributed by atoms with E-state index in [-0.39, 0.29) is 18.3 Å². The van der Waals surface area contributed by atoms with Crippen LogP contribution in [-0.2, 0) is 9.31 Å². The monoisotopic (exact) mass is 224 g/mol. The Hall–Kier alpha value is -0.0151. The molecule has 2 nitrogen and oxygen atoms in total. The minimum Gasteiger partial charge on any atom is -0.403 e. The van der Waals surface area contributed by atoms with Crippen LogP contribution in [0, 0.1) is 5.92 Å². The zero-order valence-electron chi connectivity index (χ0n) is 11.2. The summed E-state index contributed by atoms with van der Waals surface area (Å²) in [4.78, 5) is 0. The third-order valence-electron chi connectivity index (χ3n) is 4.59. The average Bonchev–Trinajstić information content (AvgIpc) is 2.70. The van der Waals surface area contributed by atoms with Gasteiger partial charge in [-0.25, -0.2) is 0 Å². The first-order valence-electron chi connectivity index (χ1n) is 6.76. The molecule has 1 aliphatic carbocycles. The summed E-state index contributed by atoms with van der Waals surface area (Å²) in [6.45, 7) is 8.51. The molecule has 1 aliphatic heterocycles. The van der Waals surface area contributed by atoms with E-state index in [9.17, 15) is 0 Å². The van der Waals surface area contributed by atoms with Crippen LogP contribution in [0.15, 0.2) is 0 Å². The van der Waals surface area contributed by atoms with Crippen LogP contribution in [0.5, 0.6) is 0 Å². The minimum absolute atomic E-state index is 0.0191. The second kappa shape index (κ2) is 4.34. The van der Waals surface area contributed by atoms with Gasteiger partial charge in [-0.05, 0) is 39.9 Å². The lowest BCUT2D eigenvalue weighted by Gasteiger charge is -2.32. The molecule has 1 heterocycles. The van der Waals surface area contributed by atoms with Gasteiger partial charge in [-0.15, -0.1) is 0 Å². The van der Waals surface area contributed by atoms with E-state index in [0.29, 0.717) is 0 Å². The second-order valence-electron chi connectivity index (χ2n) is 6.41. The summed E-state index contributed by atoms with van der Waals surface area (Å²) < 4.78 is 12.0. The summed E-state index contributed by atoms with van der Waals surface area (Å²) in [5.41, 5.74) is -0.319. The Morgan fingerprint density at radius 2 is 1.50 bits per heavy atom. The molecule has 3 heteroatoms. The maximum atomic E-state index is 6.00. The lowest BCUT2D eigenvalue weighted by Crippen LogP contribution is -2.41. The van der Waals surface area contributed by atoms with Gasteiger partial charge in [0.2, 0.25) is 0 Å². The van der Waals surface area contributed by atoms with Crippen molar-refractivity contribution in [2.45, 2.75) is 77.3 Å². The molecule has 0 amide bonds. The van der Waals surface area contributed by atoms with E-state index in [0.717, 1.165) is 12.2 Å². The second-order valence-corrected chi connectivity index (χ2v) is 6.41. The van der Waals surface area contributed by atoms with Gasteiger partial charge in [0, 0.05) is 0 Å². The summed E-state index contributed by atoms with van der Waals surface area (Å²) in [7, 11) is 0.0191. The molecule has 1 saturated heterocycles. The van der Waals surface area contributed by atoms with E-state index in [4.69, 9.17) is 9.31 Å². The van der Waals surface area contributed by atoms with Gasteiger partial charge in [0.05, 0.1) is 11.2 Å². The molecule has 92 valence electrons. The fourth-order valence-corrected chi connectivity index (χ4v) is 2.75. The highest BCUT2D eigenvalue weighted by Crippen LogP contribution is 2.39. The Morgan fingerprint density at radius 3 is 2.00 bits per heavy atom. The van der Waals surface area contributed by atoms with Gasteiger partial charge in [-0.3, -0.25) is 0 Å². The highest BCUT2D eigenvalue weighted by molar-refractivity contribution is 6.45. The van der Waals surface area contributed by atoms with Crippen molar-refractivity contribution in [3.63, 3.8) is 0 Å². The molecule has 0 spiro atoms. The quantitative estimate of drug-likeness (QED) is 0.681. The molecule has 0 aromatic carbocycles. The van der Waals surface area contributed by atoms with Crippen LogP contribution < -0.4 is 0 Å². The number of rotatable bonds is 3. The third kappa shape index (κ3) is 2.46. The van der Waals surface area contributed by atoms with Crippen LogP contribution in [-0.4, -0.2) is 18.3 Å². The van der Waals surface area contributed by atoms with Gasteiger partial charge in [0.1, 0.15) is 0 Å². The van der Waals surface area contributed by atoms with Crippen molar-refractivity contribution in [2.24, 2.45) is 5.92 Å².